The van der Waals surface area contributed by atoms with E-state index < -0.39 is 5.60 Å². The molecule has 0 radical (unpaired) electrons. The van der Waals surface area contributed by atoms with Crippen LogP contribution in [0.25, 0.3) is 0 Å². The smallest absolute Gasteiger partial charge is 0.0940 e. The third kappa shape index (κ3) is 2.99. The van der Waals surface area contributed by atoms with Crippen molar-refractivity contribution < 1.29 is 14.6 Å². The van der Waals surface area contributed by atoms with Gasteiger partial charge in [0, 0.05) is 19.6 Å². The van der Waals surface area contributed by atoms with E-state index in [1.54, 1.807) is 0 Å². The number of rotatable bonds is 4. The van der Waals surface area contributed by atoms with Gasteiger partial charge in [0.1, 0.15) is 0 Å². The fourth-order valence-electron chi connectivity index (χ4n) is 3.00. The van der Waals surface area contributed by atoms with Crippen molar-refractivity contribution >= 4 is 0 Å². The maximum absolute atomic E-state index is 10.6. The minimum atomic E-state index is -0.595. The van der Waals surface area contributed by atoms with Crippen LogP contribution in [-0.2, 0) is 9.47 Å². The zero-order chi connectivity index (χ0) is 12.4. The van der Waals surface area contributed by atoms with Crippen LogP contribution in [0, 0.1) is 5.92 Å². The van der Waals surface area contributed by atoms with Crippen molar-refractivity contribution in [3.63, 3.8) is 0 Å². The quantitative estimate of drug-likeness (QED) is 0.771. The van der Waals surface area contributed by atoms with Crippen LogP contribution in [0.5, 0.6) is 0 Å². The second kappa shape index (κ2) is 5.22. The first-order chi connectivity index (χ1) is 8.08. The molecule has 2 aliphatic heterocycles. The Kier molecular flexibility index (Phi) is 4.08. The number of hydrogen-bond acceptors (Lipinski definition) is 4. The van der Waals surface area contributed by atoms with Gasteiger partial charge in [-0.15, -0.1) is 0 Å². The zero-order valence-electron chi connectivity index (χ0n) is 11.0. The van der Waals surface area contributed by atoms with Crippen molar-refractivity contribution in [1.82, 2.24) is 5.32 Å². The van der Waals surface area contributed by atoms with Gasteiger partial charge in [-0.3, -0.25) is 0 Å². The summed E-state index contributed by atoms with van der Waals surface area (Å²) < 4.78 is 11.4. The van der Waals surface area contributed by atoms with Crippen LogP contribution >= 0.6 is 0 Å². The molecule has 2 aliphatic rings. The third-order valence-electron chi connectivity index (χ3n) is 4.32. The number of aliphatic hydroxyl groups is 1. The first-order valence-corrected chi connectivity index (χ1v) is 6.67. The molecule has 0 aromatic rings. The second-order valence-electron chi connectivity index (χ2n) is 5.73. The summed E-state index contributed by atoms with van der Waals surface area (Å²) in [6.45, 7) is 5.07. The van der Waals surface area contributed by atoms with Gasteiger partial charge >= 0.3 is 0 Å². The number of ether oxygens (including phenoxy) is 2. The molecule has 4 nitrogen and oxygen atoms in total. The molecule has 3 unspecified atom stereocenters. The molecule has 0 bridgehead atoms. The third-order valence-corrected chi connectivity index (χ3v) is 4.32. The van der Waals surface area contributed by atoms with Crippen LogP contribution in [-0.4, -0.2) is 49.7 Å². The molecule has 2 rings (SSSR count). The zero-order valence-corrected chi connectivity index (χ0v) is 11.0. The lowest BCUT2D eigenvalue weighted by Gasteiger charge is -2.43. The van der Waals surface area contributed by atoms with E-state index >= 15 is 0 Å². The van der Waals surface area contributed by atoms with Gasteiger partial charge in [-0.1, -0.05) is 0 Å². The summed E-state index contributed by atoms with van der Waals surface area (Å²) in [5.74, 6) is 0.325. The van der Waals surface area contributed by atoms with Gasteiger partial charge in [0.25, 0.3) is 0 Å². The Bertz CT molecular complexity index is 249. The monoisotopic (exact) mass is 243 g/mol. The first kappa shape index (κ1) is 13.3. The van der Waals surface area contributed by atoms with Gasteiger partial charge < -0.3 is 19.9 Å². The van der Waals surface area contributed by atoms with Crippen LogP contribution in [0.3, 0.4) is 0 Å². The summed E-state index contributed by atoms with van der Waals surface area (Å²) in [6.07, 6.45) is 3.67. The highest BCUT2D eigenvalue weighted by molar-refractivity contribution is 4.95. The molecule has 2 heterocycles. The highest BCUT2D eigenvalue weighted by Gasteiger charge is 2.45. The van der Waals surface area contributed by atoms with Crippen molar-refractivity contribution in [2.45, 2.75) is 43.8 Å². The summed E-state index contributed by atoms with van der Waals surface area (Å²) >= 11 is 0. The molecule has 100 valence electrons. The van der Waals surface area contributed by atoms with Crippen molar-refractivity contribution in [3.05, 3.63) is 0 Å². The highest BCUT2D eigenvalue weighted by atomic mass is 16.6. The van der Waals surface area contributed by atoms with Gasteiger partial charge in [-0.25, -0.2) is 0 Å². The lowest BCUT2D eigenvalue weighted by Crippen LogP contribution is -2.48. The van der Waals surface area contributed by atoms with E-state index in [1.807, 2.05) is 14.0 Å². The molecular weight excluding hydrogens is 218 g/mol. The maximum Gasteiger partial charge on any atom is 0.0940 e. The van der Waals surface area contributed by atoms with E-state index in [0.717, 1.165) is 45.4 Å². The molecule has 17 heavy (non-hydrogen) atoms. The van der Waals surface area contributed by atoms with E-state index in [9.17, 15) is 5.11 Å². The number of hydrogen-bond donors (Lipinski definition) is 2. The van der Waals surface area contributed by atoms with E-state index in [2.05, 4.69) is 5.32 Å². The predicted molar refractivity (Wildman–Crippen MR) is 66.0 cm³/mol. The molecule has 1 spiro atoms. The Labute approximate surface area is 104 Å². The van der Waals surface area contributed by atoms with Crippen LogP contribution in [0.15, 0.2) is 0 Å². The summed E-state index contributed by atoms with van der Waals surface area (Å²) in [5, 5.41) is 13.7. The second-order valence-corrected chi connectivity index (χ2v) is 5.73. The minimum absolute atomic E-state index is 0.105. The standard InChI is InChI=1S/C13H25NO3/c1-12(15,4-6-14-2)11-3-7-17-13(9-11)5-8-16-10-13/h11,14-15H,3-10H2,1-2H3. The normalized spacial score (nSPS) is 37.2. The molecule has 0 amide bonds. The molecule has 2 fully saturated rings. The van der Waals surface area contributed by atoms with Gasteiger partial charge in [0.15, 0.2) is 0 Å². The van der Waals surface area contributed by atoms with Gasteiger partial charge in [-0.2, -0.15) is 0 Å². The van der Waals surface area contributed by atoms with Crippen molar-refractivity contribution in [1.29, 1.82) is 0 Å². The molecule has 2 saturated heterocycles. The van der Waals surface area contributed by atoms with Crippen LogP contribution in [0.4, 0.5) is 0 Å². The summed E-state index contributed by atoms with van der Waals surface area (Å²) in [5.41, 5.74) is -0.699. The predicted octanol–water partition coefficient (Wildman–Crippen LogP) is 0.933. The average molecular weight is 243 g/mol. The van der Waals surface area contributed by atoms with Gasteiger partial charge in [0.2, 0.25) is 0 Å². The summed E-state index contributed by atoms with van der Waals surface area (Å²) in [7, 11) is 1.92. The highest BCUT2D eigenvalue weighted by Crippen LogP contribution is 2.40. The minimum Gasteiger partial charge on any atom is -0.390 e. The van der Waals surface area contributed by atoms with Gasteiger partial charge in [0.05, 0.1) is 17.8 Å². The molecule has 0 aliphatic carbocycles. The number of nitrogens with one attached hydrogen (secondary N) is 1. The maximum atomic E-state index is 10.6. The van der Waals surface area contributed by atoms with Gasteiger partial charge in [-0.05, 0) is 45.7 Å². The average Bonchev–Trinajstić information content (AvgIpc) is 2.75. The Morgan fingerprint density at radius 1 is 1.47 bits per heavy atom. The van der Waals surface area contributed by atoms with E-state index in [-0.39, 0.29) is 5.60 Å². The van der Waals surface area contributed by atoms with Crippen molar-refractivity contribution in [3.8, 4) is 0 Å². The SMILES string of the molecule is CNCCC(C)(O)C1CCOC2(CCOC2)C1. The molecule has 4 heteroatoms. The largest absolute Gasteiger partial charge is 0.390 e. The first-order valence-electron chi connectivity index (χ1n) is 6.67. The Hall–Kier alpha value is -0.160. The molecular formula is C13H25NO3. The Morgan fingerprint density at radius 3 is 2.94 bits per heavy atom. The Morgan fingerprint density at radius 2 is 2.29 bits per heavy atom. The molecule has 0 aromatic heterocycles. The molecule has 3 atom stereocenters. The Balaban J connectivity index is 1.96. The molecule has 0 saturated carbocycles. The van der Waals surface area contributed by atoms with E-state index in [1.165, 1.54) is 0 Å². The summed E-state index contributed by atoms with van der Waals surface area (Å²) in [4.78, 5) is 0. The van der Waals surface area contributed by atoms with Crippen LogP contribution in [0.1, 0.15) is 32.6 Å². The van der Waals surface area contributed by atoms with Crippen molar-refractivity contribution in [2.24, 2.45) is 5.92 Å². The molecule has 0 aromatic carbocycles. The lowest BCUT2D eigenvalue weighted by atomic mass is 9.75. The topological polar surface area (TPSA) is 50.7 Å². The lowest BCUT2D eigenvalue weighted by molar-refractivity contribution is -0.139. The van der Waals surface area contributed by atoms with Crippen LogP contribution in [0.2, 0.25) is 0 Å². The fraction of sp³-hybridized carbons (Fsp3) is 1.00. The molecule has 2 N–H and O–H groups in total. The van der Waals surface area contributed by atoms with E-state index in [0.29, 0.717) is 12.5 Å². The van der Waals surface area contributed by atoms with Crippen molar-refractivity contribution in [2.75, 3.05) is 33.4 Å². The summed E-state index contributed by atoms with van der Waals surface area (Å²) in [6, 6.07) is 0. The van der Waals surface area contributed by atoms with E-state index in [4.69, 9.17) is 9.47 Å². The fourth-order valence-corrected chi connectivity index (χ4v) is 3.00. The van der Waals surface area contributed by atoms with Crippen LogP contribution < -0.4 is 5.32 Å².